The monoisotopic (exact) mass is 716 g/mol. The van der Waals surface area contributed by atoms with Crippen LogP contribution >= 0.6 is 0 Å². The molecule has 0 aliphatic heterocycles. The number of hydrogen-bond acceptors (Lipinski definition) is 3. The molecule has 0 heterocycles. The van der Waals surface area contributed by atoms with Gasteiger partial charge in [-0.15, -0.1) is 0 Å². The van der Waals surface area contributed by atoms with Gasteiger partial charge in [0.2, 0.25) is 5.91 Å². The summed E-state index contributed by atoms with van der Waals surface area (Å²) in [6.07, 6.45) is 56.9. The van der Waals surface area contributed by atoms with Crippen molar-refractivity contribution in [3.05, 3.63) is 36.5 Å². The molecule has 3 N–H and O–H groups in total. The maximum Gasteiger partial charge on any atom is 0.220 e. The molecule has 4 heteroatoms. The van der Waals surface area contributed by atoms with E-state index in [9.17, 15) is 15.0 Å². The van der Waals surface area contributed by atoms with Crippen LogP contribution in [0.5, 0.6) is 0 Å². The number of aliphatic hydroxyl groups excluding tert-OH is 2. The van der Waals surface area contributed by atoms with Gasteiger partial charge in [0.05, 0.1) is 18.8 Å². The molecule has 0 bridgehead atoms. The molecule has 0 aromatic rings. The highest BCUT2D eigenvalue weighted by atomic mass is 16.3. The average molecular weight is 716 g/mol. The third-order valence-corrected chi connectivity index (χ3v) is 10.4. The maximum absolute atomic E-state index is 12.4. The number of hydrogen-bond donors (Lipinski definition) is 3. The van der Waals surface area contributed by atoms with E-state index >= 15 is 0 Å². The molecule has 0 spiro atoms. The predicted octanol–water partition coefficient (Wildman–Crippen LogP) is 14.2. The van der Waals surface area contributed by atoms with Gasteiger partial charge in [0.15, 0.2) is 0 Å². The van der Waals surface area contributed by atoms with Gasteiger partial charge in [0, 0.05) is 6.42 Å². The Hall–Kier alpha value is -1.39. The second-order valence-corrected chi connectivity index (χ2v) is 15.5. The lowest BCUT2D eigenvalue weighted by Gasteiger charge is -2.20. The van der Waals surface area contributed by atoms with Crippen molar-refractivity contribution in [1.29, 1.82) is 0 Å². The molecule has 300 valence electrons. The largest absolute Gasteiger partial charge is 0.394 e. The number of carbonyl (C=O) groups is 1. The fourth-order valence-electron chi connectivity index (χ4n) is 6.86. The molecule has 2 unspecified atom stereocenters. The van der Waals surface area contributed by atoms with Gasteiger partial charge in [-0.2, -0.15) is 0 Å². The number of amides is 1. The molecule has 2 atom stereocenters. The van der Waals surface area contributed by atoms with E-state index in [0.29, 0.717) is 6.42 Å². The smallest absolute Gasteiger partial charge is 0.220 e. The quantitative estimate of drug-likeness (QED) is 0.0436. The van der Waals surface area contributed by atoms with Crippen LogP contribution in [0, 0.1) is 0 Å². The molecule has 0 aromatic carbocycles. The normalized spacial score (nSPS) is 13.3. The van der Waals surface area contributed by atoms with Crippen LogP contribution in [-0.2, 0) is 4.79 Å². The van der Waals surface area contributed by atoms with Crippen molar-refractivity contribution >= 4 is 5.91 Å². The summed E-state index contributed by atoms with van der Waals surface area (Å²) >= 11 is 0. The molecule has 0 aliphatic rings. The second kappa shape index (κ2) is 43.0. The molecular formula is C47H89NO3. The van der Waals surface area contributed by atoms with Crippen LogP contribution in [-0.4, -0.2) is 34.9 Å². The first-order chi connectivity index (χ1) is 25.2. The summed E-state index contributed by atoms with van der Waals surface area (Å²) in [6.45, 7) is 4.30. The second-order valence-electron chi connectivity index (χ2n) is 15.5. The van der Waals surface area contributed by atoms with Crippen LogP contribution in [0.2, 0.25) is 0 Å². The first kappa shape index (κ1) is 49.6. The number of rotatable bonds is 41. The zero-order valence-electron chi connectivity index (χ0n) is 34.4. The molecule has 0 radical (unpaired) electrons. The Bertz CT molecular complexity index is 775. The van der Waals surface area contributed by atoms with Crippen molar-refractivity contribution in [2.75, 3.05) is 6.61 Å². The standard InChI is InChI=1S/C47H89NO3/c1-3-5-7-9-11-13-15-17-18-19-20-21-22-23-24-25-26-27-28-29-30-31-33-35-37-39-41-43-47(51)48-45(44-49)46(50)42-40-38-36-34-32-16-14-12-10-8-6-4-2/h20-21,23-24,40,42,45-46,49-50H,3-19,22,25-39,41,43-44H2,1-2H3,(H,48,51)/b21-20-,24-23-,42-40+. The zero-order valence-corrected chi connectivity index (χ0v) is 34.4. The lowest BCUT2D eigenvalue weighted by Crippen LogP contribution is -2.45. The van der Waals surface area contributed by atoms with Gasteiger partial charge < -0.3 is 15.5 Å². The van der Waals surface area contributed by atoms with Crippen LogP contribution in [0.1, 0.15) is 239 Å². The number of carbonyl (C=O) groups excluding carboxylic acids is 1. The molecule has 0 aliphatic carbocycles. The first-order valence-electron chi connectivity index (χ1n) is 22.7. The Morgan fingerprint density at radius 1 is 0.471 bits per heavy atom. The molecule has 51 heavy (non-hydrogen) atoms. The SMILES string of the molecule is CCCCCCCCCCC/C=C\C/C=C\CCCCCCCCCCCCCC(=O)NC(CO)C(O)/C=C/CCCCCCCCCCCC. The van der Waals surface area contributed by atoms with Crippen LogP contribution in [0.3, 0.4) is 0 Å². The minimum atomic E-state index is -0.838. The fourth-order valence-corrected chi connectivity index (χ4v) is 6.86. The van der Waals surface area contributed by atoms with E-state index in [1.165, 1.54) is 186 Å². The molecule has 0 aromatic heterocycles. The van der Waals surface area contributed by atoms with Gasteiger partial charge in [-0.3, -0.25) is 4.79 Å². The van der Waals surface area contributed by atoms with Crippen LogP contribution in [0.4, 0.5) is 0 Å². The number of unbranched alkanes of at least 4 members (excludes halogenated alkanes) is 30. The lowest BCUT2D eigenvalue weighted by atomic mass is 10.0. The van der Waals surface area contributed by atoms with E-state index in [1.54, 1.807) is 6.08 Å². The number of nitrogens with one attached hydrogen (secondary N) is 1. The van der Waals surface area contributed by atoms with Crippen LogP contribution < -0.4 is 5.32 Å². The number of aliphatic hydroxyl groups is 2. The minimum Gasteiger partial charge on any atom is -0.394 e. The molecule has 0 saturated carbocycles. The highest BCUT2D eigenvalue weighted by Gasteiger charge is 2.17. The Morgan fingerprint density at radius 2 is 0.804 bits per heavy atom. The van der Waals surface area contributed by atoms with Crippen molar-refractivity contribution in [3.63, 3.8) is 0 Å². The summed E-state index contributed by atoms with van der Waals surface area (Å²) < 4.78 is 0. The summed E-state index contributed by atoms with van der Waals surface area (Å²) in [6, 6.07) is -0.621. The van der Waals surface area contributed by atoms with Gasteiger partial charge in [-0.1, -0.05) is 217 Å². The highest BCUT2D eigenvalue weighted by Crippen LogP contribution is 2.15. The summed E-state index contributed by atoms with van der Waals surface area (Å²) in [5.41, 5.74) is 0. The van der Waals surface area contributed by atoms with Crippen molar-refractivity contribution < 1.29 is 15.0 Å². The molecule has 0 saturated heterocycles. The van der Waals surface area contributed by atoms with Crippen molar-refractivity contribution in [2.45, 2.75) is 251 Å². The lowest BCUT2D eigenvalue weighted by molar-refractivity contribution is -0.123. The summed E-state index contributed by atoms with van der Waals surface area (Å²) in [4.78, 5) is 12.4. The Morgan fingerprint density at radius 3 is 1.18 bits per heavy atom. The van der Waals surface area contributed by atoms with Gasteiger partial charge in [0.1, 0.15) is 0 Å². The Balaban J connectivity index is 3.51. The van der Waals surface area contributed by atoms with Crippen molar-refractivity contribution in [1.82, 2.24) is 5.32 Å². The van der Waals surface area contributed by atoms with Crippen LogP contribution in [0.15, 0.2) is 36.5 Å². The van der Waals surface area contributed by atoms with E-state index in [2.05, 4.69) is 43.5 Å². The topological polar surface area (TPSA) is 69.6 Å². The van der Waals surface area contributed by atoms with Crippen molar-refractivity contribution in [3.8, 4) is 0 Å². The van der Waals surface area contributed by atoms with E-state index < -0.39 is 12.1 Å². The zero-order chi connectivity index (χ0) is 37.1. The van der Waals surface area contributed by atoms with Crippen molar-refractivity contribution in [2.24, 2.45) is 0 Å². The van der Waals surface area contributed by atoms with Gasteiger partial charge in [-0.25, -0.2) is 0 Å². The molecule has 4 nitrogen and oxygen atoms in total. The summed E-state index contributed by atoms with van der Waals surface area (Å²) in [7, 11) is 0. The maximum atomic E-state index is 12.4. The van der Waals surface area contributed by atoms with Crippen LogP contribution in [0.25, 0.3) is 0 Å². The first-order valence-corrected chi connectivity index (χ1v) is 22.7. The summed E-state index contributed by atoms with van der Waals surface area (Å²) in [5.74, 6) is -0.0666. The third-order valence-electron chi connectivity index (χ3n) is 10.4. The number of allylic oxidation sites excluding steroid dienone is 5. The molecule has 0 rings (SSSR count). The van der Waals surface area contributed by atoms with E-state index in [1.807, 2.05) is 6.08 Å². The van der Waals surface area contributed by atoms with E-state index in [-0.39, 0.29) is 12.5 Å². The minimum absolute atomic E-state index is 0.0666. The Labute approximate surface area is 319 Å². The molecule has 1 amide bonds. The predicted molar refractivity (Wildman–Crippen MR) is 225 cm³/mol. The van der Waals surface area contributed by atoms with Gasteiger partial charge >= 0.3 is 0 Å². The average Bonchev–Trinajstić information content (AvgIpc) is 3.13. The summed E-state index contributed by atoms with van der Waals surface area (Å²) in [5, 5.41) is 23.0. The molecular weight excluding hydrogens is 627 g/mol. The molecule has 0 fully saturated rings. The van der Waals surface area contributed by atoms with E-state index in [0.717, 1.165) is 32.1 Å². The Kier molecular flexibility index (Phi) is 41.8. The van der Waals surface area contributed by atoms with Gasteiger partial charge in [-0.05, 0) is 51.4 Å². The highest BCUT2D eigenvalue weighted by molar-refractivity contribution is 5.76. The fraction of sp³-hybridized carbons (Fsp3) is 0.851. The van der Waals surface area contributed by atoms with Gasteiger partial charge in [0.25, 0.3) is 0 Å². The van der Waals surface area contributed by atoms with E-state index in [4.69, 9.17) is 0 Å². The third kappa shape index (κ3) is 39.6.